The molecule has 6 nitrogen and oxygen atoms in total. The molecule has 0 bridgehead atoms. The SMILES string of the molecule is O=C(Nc1ccc2c(c1)OCO2)C1(C(=O)N2CCCc3ccccc32)CC1. The van der Waals surface area contributed by atoms with Crippen LogP contribution in [-0.2, 0) is 16.0 Å². The normalized spacial score (nSPS) is 18.6. The number of amides is 2. The summed E-state index contributed by atoms with van der Waals surface area (Å²) in [5, 5.41) is 2.90. The summed E-state index contributed by atoms with van der Waals surface area (Å²) in [5.74, 6) is 0.936. The van der Waals surface area contributed by atoms with Gasteiger partial charge in [-0.05, 0) is 49.4 Å². The third kappa shape index (κ3) is 2.63. The summed E-state index contributed by atoms with van der Waals surface area (Å²) in [7, 11) is 0. The van der Waals surface area contributed by atoms with Crippen molar-refractivity contribution in [1.29, 1.82) is 0 Å². The highest BCUT2D eigenvalue weighted by molar-refractivity contribution is 6.18. The van der Waals surface area contributed by atoms with E-state index in [0.717, 1.165) is 18.5 Å². The van der Waals surface area contributed by atoms with Crippen molar-refractivity contribution in [3.63, 3.8) is 0 Å². The van der Waals surface area contributed by atoms with Crippen LogP contribution in [0.2, 0.25) is 0 Å². The maximum Gasteiger partial charge on any atom is 0.242 e. The number of anilines is 2. The van der Waals surface area contributed by atoms with Crippen LogP contribution in [0.1, 0.15) is 24.8 Å². The molecule has 2 aromatic rings. The first-order chi connectivity index (χ1) is 13.2. The van der Waals surface area contributed by atoms with Gasteiger partial charge in [-0.1, -0.05) is 18.2 Å². The van der Waals surface area contributed by atoms with Crippen LogP contribution in [0.5, 0.6) is 11.5 Å². The molecule has 0 spiro atoms. The molecule has 1 saturated carbocycles. The monoisotopic (exact) mass is 364 g/mol. The van der Waals surface area contributed by atoms with E-state index in [1.54, 1.807) is 23.1 Å². The van der Waals surface area contributed by atoms with E-state index in [9.17, 15) is 9.59 Å². The van der Waals surface area contributed by atoms with Crippen molar-refractivity contribution in [2.24, 2.45) is 5.41 Å². The molecule has 5 rings (SSSR count). The van der Waals surface area contributed by atoms with E-state index in [2.05, 4.69) is 11.4 Å². The summed E-state index contributed by atoms with van der Waals surface area (Å²) in [6.45, 7) is 0.846. The van der Waals surface area contributed by atoms with Crippen molar-refractivity contribution < 1.29 is 19.1 Å². The molecule has 0 unspecified atom stereocenters. The van der Waals surface area contributed by atoms with Crippen molar-refractivity contribution >= 4 is 23.2 Å². The second-order valence-corrected chi connectivity index (χ2v) is 7.29. The summed E-state index contributed by atoms with van der Waals surface area (Å²) >= 11 is 0. The highest BCUT2D eigenvalue weighted by Crippen LogP contribution is 2.49. The van der Waals surface area contributed by atoms with Gasteiger partial charge in [0, 0.05) is 24.0 Å². The van der Waals surface area contributed by atoms with Crippen molar-refractivity contribution in [3.05, 3.63) is 48.0 Å². The topological polar surface area (TPSA) is 67.9 Å². The highest BCUT2D eigenvalue weighted by Gasteiger charge is 2.58. The van der Waals surface area contributed by atoms with Crippen LogP contribution in [0.25, 0.3) is 0 Å². The second kappa shape index (κ2) is 6.01. The smallest absolute Gasteiger partial charge is 0.242 e. The Morgan fingerprint density at radius 2 is 1.85 bits per heavy atom. The van der Waals surface area contributed by atoms with Gasteiger partial charge in [0.05, 0.1) is 0 Å². The molecule has 0 radical (unpaired) electrons. The molecular weight excluding hydrogens is 344 g/mol. The Morgan fingerprint density at radius 3 is 2.70 bits per heavy atom. The first-order valence-electron chi connectivity index (χ1n) is 9.28. The van der Waals surface area contributed by atoms with E-state index in [1.807, 2.05) is 18.2 Å². The van der Waals surface area contributed by atoms with Crippen molar-refractivity contribution in [1.82, 2.24) is 0 Å². The van der Waals surface area contributed by atoms with E-state index >= 15 is 0 Å². The van der Waals surface area contributed by atoms with Gasteiger partial charge in [-0.3, -0.25) is 9.59 Å². The minimum atomic E-state index is -0.958. The zero-order valence-electron chi connectivity index (χ0n) is 14.9. The maximum atomic E-state index is 13.3. The van der Waals surface area contributed by atoms with Crippen LogP contribution in [0.3, 0.4) is 0 Å². The maximum absolute atomic E-state index is 13.3. The molecule has 0 aromatic heterocycles. The molecule has 1 N–H and O–H groups in total. The largest absolute Gasteiger partial charge is 0.454 e. The zero-order chi connectivity index (χ0) is 18.4. The Kier molecular flexibility index (Phi) is 3.60. The molecule has 2 aliphatic heterocycles. The predicted octanol–water partition coefficient (Wildman–Crippen LogP) is 3.11. The number of carbonyl (C=O) groups is 2. The second-order valence-electron chi connectivity index (χ2n) is 7.29. The molecule has 2 amide bonds. The van der Waals surface area contributed by atoms with E-state index in [-0.39, 0.29) is 18.6 Å². The summed E-state index contributed by atoms with van der Waals surface area (Å²) in [6, 6.07) is 13.2. The van der Waals surface area contributed by atoms with Gasteiger partial charge in [-0.2, -0.15) is 0 Å². The Bertz CT molecular complexity index is 936. The number of aryl methyl sites for hydroxylation is 1. The lowest BCUT2D eigenvalue weighted by Crippen LogP contribution is -2.45. The fraction of sp³-hybridized carbons (Fsp3) is 0.333. The molecule has 2 aromatic carbocycles. The number of carbonyl (C=O) groups excluding carboxylic acids is 2. The minimum Gasteiger partial charge on any atom is -0.454 e. The first-order valence-corrected chi connectivity index (χ1v) is 9.28. The average Bonchev–Trinajstić information content (AvgIpc) is 3.39. The lowest BCUT2D eigenvalue weighted by atomic mass is 9.97. The van der Waals surface area contributed by atoms with Gasteiger partial charge in [-0.25, -0.2) is 0 Å². The van der Waals surface area contributed by atoms with Gasteiger partial charge in [0.2, 0.25) is 18.6 Å². The Labute approximate surface area is 157 Å². The third-order valence-electron chi connectivity index (χ3n) is 5.58. The first kappa shape index (κ1) is 16.2. The third-order valence-corrected chi connectivity index (χ3v) is 5.58. The van der Waals surface area contributed by atoms with Crippen LogP contribution >= 0.6 is 0 Å². The summed E-state index contributed by atoms with van der Waals surface area (Å²) in [5.41, 5.74) is 1.77. The Hall–Kier alpha value is -3.02. The molecule has 1 fully saturated rings. The van der Waals surface area contributed by atoms with Crippen molar-refractivity contribution in [2.45, 2.75) is 25.7 Å². The number of fused-ring (bicyclic) bond motifs is 2. The number of nitrogens with zero attached hydrogens (tertiary/aromatic N) is 1. The molecule has 3 aliphatic rings. The number of benzene rings is 2. The molecule has 1 aliphatic carbocycles. The molecular formula is C21H20N2O4. The van der Waals surface area contributed by atoms with Gasteiger partial charge < -0.3 is 19.7 Å². The van der Waals surface area contributed by atoms with E-state index in [4.69, 9.17) is 9.47 Å². The summed E-state index contributed by atoms with van der Waals surface area (Å²) < 4.78 is 10.6. The quantitative estimate of drug-likeness (QED) is 0.850. The van der Waals surface area contributed by atoms with Gasteiger partial charge >= 0.3 is 0 Å². The summed E-state index contributed by atoms with van der Waals surface area (Å²) in [4.78, 5) is 28.0. The molecule has 27 heavy (non-hydrogen) atoms. The standard InChI is InChI=1S/C21H20N2O4/c24-19(22-15-7-8-17-18(12-15)27-13-26-17)21(9-10-21)20(25)23-11-3-5-14-4-1-2-6-16(14)23/h1-2,4,6-8,12H,3,5,9-11,13H2,(H,22,24). The van der Waals surface area contributed by atoms with Gasteiger partial charge in [0.1, 0.15) is 5.41 Å². The number of hydrogen-bond donors (Lipinski definition) is 1. The van der Waals surface area contributed by atoms with Gasteiger partial charge in [0.25, 0.3) is 0 Å². The molecule has 0 saturated heterocycles. The van der Waals surface area contributed by atoms with Crippen molar-refractivity contribution in [3.8, 4) is 11.5 Å². The van der Waals surface area contributed by atoms with Crippen LogP contribution < -0.4 is 19.7 Å². The molecule has 2 heterocycles. The number of nitrogens with one attached hydrogen (secondary N) is 1. The Balaban J connectivity index is 1.37. The van der Waals surface area contributed by atoms with E-state index < -0.39 is 5.41 Å². The molecule has 0 atom stereocenters. The lowest BCUT2D eigenvalue weighted by molar-refractivity contribution is -0.132. The van der Waals surface area contributed by atoms with Gasteiger partial charge in [-0.15, -0.1) is 0 Å². The fourth-order valence-corrected chi connectivity index (χ4v) is 3.89. The van der Waals surface area contributed by atoms with Crippen molar-refractivity contribution in [2.75, 3.05) is 23.6 Å². The van der Waals surface area contributed by atoms with Crippen LogP contribution in [0, 0.1) is 5.41 Å². The van der Waals surface area contributed by atoms with E-state index in [0.29, 0.717) is 36.6 Å². The fourth-order valence-electron chi connectivity index (χ4n) is 3.89. The average molecular weight is 364 g/mol. The van der Waals surface area contributed by atoms with Gasteiger partial charge in [0.15, 0.2) is 11.5 Å². The number of para-hydroxylation sites is 1. The Morgan fingerprint density at radius 1 is 1.04 bits per heavy atom. The zero-order valence-corrected chi connectivity index (χ0v) is 14.9. The van der Waals surface area contributed by atoms with Crippen LogP contribution in [0.15, 0.2) is 42.5 Å². The molecule has 138 valence electrons. The summed E-state index contributed by atoms with van der Waals surface area (Å²) in [6.07, 6.45) is 3.06. The number of hydrogen-bond acceptors (Lipinski definition) is 4. The predicted molar refractivity (Wildman–Crippen MR) is 100.0 cm³/mol. The minimum absolute atomic E-state index is 0.0899. The lowest BCUT2D eigenvalue weighted by Gasteiger charge is -2.32. The highest BCUT2D eigenvalue weighted by atomic mass is 16.7. The van der Waals surface area contributed by atoms with E-state index in [1.165, 1.54) is 5.56 Å². The number of ether oxygens (including phenoxy) is 2. The number of rotatable bonds is 3. The molecule has 6 heteroatoms. The van der Waals surface area contributed by atoms with Crippen LogP contribution in [0.4, 0.5) is 11.4 Å². The van der Waals surface area contributed by atoms with Crippen LogP contribution in [-0.4, -0.2) is 25.2 Å².